The molecule has 0 aliphatic carbocycles. The number of hydrogen-bond donors (Lipinski definition) is 1. The first kappa shape index (κ1) is 29.9. The maximum Gasteiger partial charge on any atom is 0.410 e. The molecule has 1 aliphatic heterocycles. The molecule has 2 aromatic carbocycles. The minimum atomic E-state index is -0.575. The van der Waals surface area contributed by atoms with Crippen LogP contribution >= 0.6 is 0 Å². The highest BCUT2D eigenvalue weighted by Crippen LogP contribution is 2.32. The summed E-state index contributed by atoms with van der Waals surface area (Å²) in [6.07, 6.45) is 1.17. The number of amides is 2. The van der Waals surface area contributed by atoms with E-state index in [1.807, 2.05) is 95.8 Å². The number of nitrogens with zero attached hydrogens (tertiary/aromatic N) is 3. The zero-order chi connectivity index (χ0) is 30.1. The molecule has 41 heavy (non-hydrogen) atoms. The van der Waals surface area contributed by atoms with Crippen molar-refractivity contribution in [1.82, 2.24) is 14.8 Å². The Kier molecular flexibility index (Phi) is 8.61. The summed E-state index contributed by atoms with van der Waals surface area (Å²) in [7, 11) is 0. The number of anilines is 1. The zero-order valence-corrected chi connectivity index (χ0v) is 25.4. The van der Waals surface area contributed by atoms with Crippen LogP contribution in [-0.2, 0) is 4.74 Å². The Morgan fingerprint density at radius 2 is 1.63 bits per heavy atom. The molecule has 0 radical (unpaired) electrons. The van der Waals surface area contributed by atoms with Crippen LogP contribution in [0.1, 0.15) is 74.7 Å². The quantitative estimate of drug-likeness (QED) is 0.381. The van der Waals surface area contributed by atoms with Gasteiger partial charge < -0.3 is 20.1 Å². The lowest BCUT2D eigenvalue weighted by Gasteiger charge is -2.44. The van der Waals surface area contributed by atoms with Crippen LogP contribution in [0, 0.1) is 13.8 Å². The van der Waals surface area contributed by atoms with Crippen molar-refractivity contribution in [3.63, 3.8) is 0 Å². The fraction of sp³-hybridized carbons (Fsp3) is 0.424. The van der Waals surface area contributed by atoms with E-state index >= 15 is 0 Å². The van der Waals surface area contributed by atoms with Crippen molar-refractivity contribution in [1.29, 1.82) is 0 Å². The van der Waals surface area contributed by atoms with E-state index in [1.54, 1.807) is 11.1 Å². The molecule has 0 bridgehead atoms. The van der Waals surface area contributed by atoms with Crippen LogP contribution in [-0.4, -0.2) is 57.6 Å². The monoisotopic (exact) mass is 558 g/mol. The summed E-state index contributed by atoms with van der Waals surface area (Å²) in [5, 5.41) is 0. The van der Waals surface area contributed by atoms with Crippen LogP contribution in [0.4, 0.5) is 10.6 Å². The average Bonchev–Trinajstić information content (AvgIpc) is 2.88. The second-order valence-corrected chi connectivity index (χ2v) is 12.0. The lowest BCUT2D eigenvalue weighted by Crippen LogP contribution is -2.60. The van der Waals surface area contributed by atoms with Gasteiger partial charge in [0.15, 0.2) is 11.6 Å². The summed E-state index contributed by atoms with van der Waals surface area (Å²) in [6.45, 7) is 16.3. The number of piperazine rings is 1. The van der Waals surface area contributed by atoms with Gasteiger partial charge in [0, 0.05) is 30.4 Å². The number of rotatable bonds is 5. The molecular formula is C33H42N4O4. The summed E-state index contributed by atoms with van der Waals surface area (Å²) in [5.74, 6) is 0.788. The van der Waals surface area contributed by atoms with Gasteiger partial charge in [0.25, 0.3) is 5.91 Å². The van der Waals surface area contributed by atoms with E-state index in [1.165, 1.54) is 0 Å². The lowest BCUT2D eigenvalue weighted by atomic mass is 9.99. The first-order valence-corrected chi connectivity index (χ1v) is 14.1. The molecule has 0 spiro atoms. The Bertz CT molecular complexity index is 1420. The number of nitrogen functional groups attached to an aromatic ring is 1. The molecule has 3 atom stereocenters. The zero-order valence-electron chi connectivity index (χ0n) is 25.4. The van der Waals surface area contributed by atoms with E-state index < -0.39 is 5.60 Å². The number of aryl methyl sites for hydroxylation is 2. The first-order chi connectivity index (χ1) is 19.2. The largest absolute Gasteiger partial charge is 0.482 e. The highest BCUT2D eigenvalue weighted by atomic mass is 16.6. The lowest BCUT2D eigenvalue weighted by molar-refractivity contribution is -0.0130. The van der Waals surface area contributed by atoms with Crippen molar-refractivity contribution < 1.29 is 19.1 Å². The molecule has 8 heteroatoms. The third kappa shape index (κ3) is 6.81. The van der Waals surface area contributed by atoms with Gasteiger partial charge in [-0.3, -0.25) is 9.69 Å². The number of carbonyl (C=O) groups excluding carboxylic acids is 2. The predicted molar refractivity (Wildman–Crippen MR) is 162 cm³/mol. The van der Waals surface area contributed by atoms with Crippen LogP contribution in [0.25, 0.3) is 11.1 Å². The second-order valence-electron chi connectivity index (χ2n) is 12.0. The molecular weight excluding hydrogens is 516 g/mol. The fourth-order valence-corrected chi connectivity index (χ4v) is 5.42. The minimum absolute atomic E-state index is 0.0527. The number of ether oxygens (including phenoxy) is 2. The van der Waals surface area contributed by atoms with Gasteiger partial charge in [0.2, 0.25) is 0 Å². The summed E-state index contributed by atoms with van der Waals surface area (Å²) in [5.41, 5.74) is 11.1. The molecule has 8 nitrogen and oxygen atoms in total. The molecule has 218 valence electrons. The van der Waals surface area contributed by atoms with E-state index in [4.69, 9.17) is 15.2 Å². The minimum Gasteiger partial charge on any atom is -0.482 e. The normalized spacial score (nSPS) is 18.1. The molecule has 1 aromatic heterocycles. The number of nitrogens with two attached hydrogens (primary N) is 1. The van der Waals surface area contributed by atoms with Gasteiger partial charge in [-0.05, 0) is 89.8 Å². The maximum absolute atomic E-state index is 13.6. The molecule has 2 amide bonds. The Labute approximate surface area is 243 Å². The van der Waals surface area contributed by atoms with Crippen molar-refractivity contribution in [3.8, 4) is 16.9 Å². The fourth-order valence-electron chi connectivity index (χ4n) is 5.42. The van der Waals surface area contributed by atoms with Gasteiger partial charge in [0.05, 0.1) is 12.1 Å². The number of carbonyl (C=O) groups is 2. The molecule has 2 heterocycles. The average molecular weight is 559 g/mol. The maximum atomic E-state index is 13.6. The van der Waals surface area contributed by atoms with Gasteiger partial charge in [-0.15, -0.1) is 0 Å². The summed E-state index contributed by atoms with van der Waals surface area (Å²) in [6, 6.07) is 15.4. The summed E-state index contributed by atoms with van der Waals surface area (Å²) >= 11 is 0. The van der Waals surface area contributed by atoms with Crippen LogP contribution in [0.15, 0.2) is 54.7 Å². The Balaban J connectivity index is 1.50. The van der Waals surface area contributed by atoms with Crippen LogP contribution in [0.2, 0.25) is 0 Å². The summed E-state index contributed by atoms with van der Waals surface area (Å²) < 4.78 is 11.8. The van der Waals surface area contributed by atoms with Crippen LogP contribution < -0.4 is 10.5 Å². The number of pyridine rings is 1. The molecule has 2 N–H and O–H groups in total. The van der Waals surface area contributed by atoms with E-state index in [0.717, 1.165) is 27.8 Å². The topological polar surface area (TPSA) is 98.0 Å². The van der Waals surface area contributed by atoms with E-state index in [0.29, 0.717) is 30.2 Å². The number of hydrogen-bond acceptors (Lipinski definition) is 6. The van der Waals surface area contributed by atoms with E-state index in [-0.39, 0.29) is 30.2 Å². The molecule has 1 aliphatic rings. The molecule has 1 fully saturated rings. The second kappa shape index (κ2) is 11.8. The molecule has 4 rings (SSSR count). The third-order valence-corrected chi connectivity index (χ3v) is 7.41. The van der Waals surface area contributed by atoms with Gasteiger partial charge in [-0.1, -0.05) is 36.4 Å². The van der Waals surface area contributed by atoms with Crippen molar-refractivity contribution in [2.45, 2.75) is 79.2 Å². The van der Waals surface area contributed by atoms with Crippen molar-refractivity contribution in [3.05, 3.63) is 77.0 Å². The van der Waals surface area contributed by atoms with E-state index in [9.17, 15) is 9.59 Å². The summed E-state index contributed by atoms with van der Waals surface area (Å²) in [4.78, 5) is 34.3. The highest BCUT2D eigenvalue weighted by molar-refractivity contribution is 5.96. The molecule has 0 saturated carbocycles. The Hall–Kier alpha value is -4.07. The molecule has 3 aromatic rings. The SMILES string of the molecule is Cc1cc(-c2cnc(N)c(OC(C)c3ccccc3C)c2)ccc1C(=O)N1C[C@@H](C)N(C(=O)OC(C)(C)C)[C@@H](C)C1. The van der Waals surface area contributed by atoms with Gasteiger partial charge in [-0.25, -0.2) is 9.78 Å². The molecule has 1 saturated heterocycles. The van der Waals surface area contributed by atoms with Crippen molar-refractivity contribution >= 4 is 17.8 Å². The number of aromatic nitrogens is 1. The standard InChI is InChI=1S/C33H42N4O4/c1-20-11-9-10-12-27(20)24(5)40-29-16-26(17-35-30(29)34)25-13-14-28(21(2)15-25)31(38)36-18-22(3)37(23(4)19-36)32(39)41-33(6,7)8/h9-17,22-24H,18-19H2,1-8H3,(H2,34,35)/t22-,23+,24?. The third-order valence-electron chi connectivity index (χ3n) is 7.41. The van der Waals surface area contributed by atoms with Crippen molar-refractivity contribution in [2.75, 3.05) is 18.8 Å². The van der Waals surface area contributed by atoms with Crippen LogP contribution in [0.3, 0.4) is 0 Å². The Morgan fingerprint density at radius 3 is 2.24 bits per heavy atom. The van der Waals surface area contributed by atoms with Gasteiger partial charge in [-0.2, -0.15) is 0 Å². The highest BCUT2D eigenvalue weighted by Gasteiger charge is 2.37. The van der Waals surface area contributed by atoms with Gasteiger partial charge in [0.1, 0.15) is 11.7 Å². The Morgan fingerprint density at radius 1 is 0.976 bits per heavy atom. The van der Waals surface area contributed by atoms with Gasteiger partial charge >= 0.3 is 6.09 Å². The van der Waals surface area contributed by atoms with E-state index in [2.05, 4.69) is 18.0 Å². The van der Waals surface area contributed by atoms with Crippen LogP contribution in [0.5, 0.6) is 5.75 Å². The van der Waals surface area contributed by atoms with Crippen molar-refractivity contribution in [2.24, 2.45) is 0 Å². The predicted octanol–water partition coefficient (Wildman–Crippen LogP) is 6.56. The first-order valence-electron chi connectivity index (χ1n) is 14.1. The molecule has 1 unspecified atom stereocenters. The number of benzene rings is 2. The smallest absolute Gasteiger partial charge is 0.410 e.